The average molecular weight is 679 g/mol. The number of carbonyl (C=O) groups is 2. The second-order valence-electron chi connectivity index (χ2n) is 13.4. The number of rotatable bonds is 11. The number of ether oxygens (including phenoxy) is 1. The maximum atomic E-state index is 13.5. The highest BCUT2D eigenvalue weighted by atomic mass is 32.1. The number of aromatic carboxylic acids is 1. The summed E-state index contributed by atoms with van der Waals surface area (Å²) >= 11 is 1.44. The molecule has 4 heterocycles. The Balaban J connectivity index is 1.12. The van der Waals surface area contributed by atoms with Gasteiger partial charge in [0.2, 0.25) is 0 Å². The second-order valence-corrected chi connectivity index (χ2v) is 14.4. The van der Waals surface area contributed by atoms with Gasteiger partial charge in [0.15, 0.2) is 10.8 Å². The Kier molecular flexibility index (Phi) is 9.46. The molecule has 1 aliphatic heterocycles. The molecule has 0 atom stereocenters. The van der Waals surface area contributed by atoms with Crippen molar-refractivity contribution in [1.82, 2.24) is 19.7 Å². The number of nitrogens with zero attached hydrogens (tertiary/aromatic N) is 5. The highest BCUT2D eigenvalue weighted by Crippen LogP contribution is 2.42. The van der Waals surface area contributed by atoms with Crippen LogP contribution in [0.4, 0.5) is 10.9 Å². The van der Waals surface area contributed by atoms with Crippen LogP contribution in [0.2, 0.25) is 0 Å². The van der Waals surface area contributed by atoms with E-state index in [1.807, 2.05) is 55.5 Å². The van der Waals surface area contributed by atoms with Crippen LogP contribution in [-0.2, 0) is 24.2 Å². The second kappa shape index (κ2) is 14.1. The smallest absolute Gasteiger partial charge is 0.355 e. The van der Waals surface area contributed by atoms with Crippen LogP contribution in [0.15, 0.2) is 60.8 Å². The molecule has 10 nitrogen and oxygen atoms in total. The van der Waals surface area contributed by atoms with Crippen LogP contribution in [0.3, 0.4) is 0 Å². The van der Waals surface area contributed by atoms with Crippen molar-refractivity contribution >= 4 is 44.4 Å². The van der Waals surface area contributed by atoms with E-state index in [-0.39, 0.29) is 17.0 Å². The van der Waals surface area contributed by atoms with Crippen molar-refractivity contribution in [3.63, 3.8) is 0 Å². The summed E-state index contributed by atoms with van der Waals surface area (Å²) in [6.07, 6.45) is 10.7. The number of fused-ring (bicyclic) bond motifs is 2. The lowest BCUT2D eigenvalue weighted by Gasteiger charge is -2.37. The van der Waals surface area contributed by atoms with Crippen molar-refractivity contribution in [2.24, 2.45) is 5.41 Å². The first-order valence-corrected chi connectivity index (χ1v) is 17.9. The third kappa shape index (κ3) is 6.82. The highest BCUT2D eigenvalue weighted by Gasteiger charge is 2.33. The molecule has 0 radical (unpaired) electrons. The summed E-state index contributed by atoms with van der Waals surface area (Å²) in [4.78, 5) is 37.5. The van der Waals surface area contributed by atoms with Crippen molar-refractivity contribution in [1.29, 1.82) is 0 Å². The molecular formula is C38H42N6O4S. The van der Waals surface area contributed by atoms with Gasteiger partial charge in [-0.05, 0) is 85.9 Å². The van der Waals surface area contributed by atoms with Crippen molar-refractivity contribution in [2.45, 2.75) is 71.4 Å². The number of thiazole rings is 1. The molecule has 1 fully saturated rings. The summed E-state index contributed by atoms with van der Waals surface area (Å²) < 4.78 is 8.44. The number of carbonyl (C=O) groups excluding carboxylic acids is 1. The number of hydrogen-bond acceptors (Lipinski definition) is 8. The van der Waals surface area contributed by atoms with Crippen molar-refractivity contribution in [3.8, 4) is 11.1 Å². The molecular weight excluding hydrogens is 637 g/mol. The fourth-order valence-corrected chi connectivity index (χ4v) is 8.51. The molecule has 0 spiro atoms. The zero-order valence-corrected chi connectivity index (χ0v) is 28.9. The van der Waals surface area contributed by atoms with Crippen molar-refractivity contribution < 1.29 is 19.4 Å². The Morgan fingerprint density at radius 3 is 2.65 bits per heavy atom. The molecule has 254 valence electrons. The van der Waals surface area contributed by atoms with Gasteiger partial charge in [-0.2, -0.15) is 5.10 Å². The summed E-state index contributed by atoms with van der Waals surface area (Å²) in [5.74, 6) is -0.730. The van der Waals surface area contributed by atoms with E-state index in [0.717, 1.165) is 58.6 Å². The minimum atomic E-state index is -1.08. The predicted molar refractivity (Wildman–Crippen MR) is 193 cm³/mol. The number of hydrogen-bond donors (Lipinski definition) is 2. The SMILES string of the molecule is COCCCC1(Cn2ncc(-c3ccc(N4CCc5cccc(C(=O)Nc6nc7ccccc7s6)c5C4)nc3C(=O)O)c2C)CCCCC1. The zero-order valence-electron chi connectivity index (χ0n) is 28.1. The van der Waals surface area contributed by atoms with Crippen LogP contribution < -0.4 is 10.2 Å². The van der Waals surface area contributed by atoms with Gasteiger partial charge in [0, 0.05) is 55.7 Å². The lowest BCUT2D eigenvalue weighted by molar-refractivity contribution is 0.0691. The Hall–Kier alpha value is -4.61. The fraction of sp³-hybridized carbons (Fsp3) is 0.395. The van der Waals surface area contributed by atoms with Gasteiger partial charge in [0.05, 0.1) is 16.4 Å². The fourth-order valence-electron chi connectivity index (χ4n) is 7.65. The minimum absolute atomic E-state index is 0.000264. The Morgan fingerprint density at radius 2 is 1.86 bits per heavy atom. The molecule has 0 bridgehead atoms. The van der Waals surface area contributed by atoms with E-state index in [0.29, 0.717) is 41.6 Å². The number of carboxylic acids is 1. The van der Waals surface area contributed by atoms with E-state index >= 15 is 0 Å². The van der Waals surface area contributed by atoms with Crippen LogP contribution in [0.1, 0.15) is 82.6 Å². The van der Waals surface area contributed by atoms with Crippen molar-refractivity contribution in [3.05, 3.63) is 88.9 Å². The lowest BCUT2D eigenvalue weighted by atomic mass is 9.71. The molecule has 1 saturated carbocycles. The van der Waals surface area contributed by atoms with Crippen LogP contribution in [0.25, 0.3) is 21.3 Å². The number of nitrogens with one attached hydrogen (secondary N) is 1. The minimum Gasteiger partial charge on any atom is -0.476 e. The maximum absolute atomic E-state index is 13.5. The van der Waals surface area contributed by atoms with E-state index in [9.17, 15) is 14.7 Å². The molecule has 11 heteroatoms. The third-order valence-electron chi connectivity index (χ3n) is 10.3. The van der Waals surface area contributed by atoms with Crippen LogP contribution in [-0.4, -0.2) is 57.0 Å². The van der Waals surface area contributed by atoms with Gasteiger partial charge < -0.3 is 14.7 Å². The lowest BCUT2D eigenvalue weighted by Crippen LogP contribution is -2.33. The number of anilines is 2. The van der Waals surface area contributed by atoms with Crippen molar-refractivity contribution in [2.75, 3.05) is 30.5 Å². The van der Waals surface area contributed by atoms with E-state index < -0.39 is 5.97 Å². The number of benzene rings is 2. The molecule has 2 aliphatic rings. The Morgan fingerprint density at radius 1 is 1.02 bits per heavy atom. The first-order chi connectivity index (χ1) is 23.8. The number of para-hydroxylation sites is 1. The maximum Gasteiger partial charge on any atom is 0.355 e. The van der Waals surface area contributed by atoms with Gasteiger partial charge in [0.25, 0.3) is 5.91 Å². The average Bonchev–Trinajstić information content (AvgIpc) is 3.69. The number of pyridine rings is 1. The first-order valence-electron chi connectivity index (χ1n) is 17.1. The van der Waals surface area contributed by atoms with Gasteiger partial charge in [-0.1, -0.05) is 54.9 Å². The molecule has 3 aromatic heterocycles. The molecule has 2 N–H and O–H groups in total. The Labute approximate surface area is 290 Å². The molecule has 0 unspecified atom stereocenters. The van der Waals surface area contributed by atoms with E-state index in [4.69, 9.17) is 14.8 Å². The van der Waals surface area contributed by atoms with Crippen LogP contribution >= 0.6 is 11.3 Å². The molecule has 49 heavy (non-hydrogen) atoms. The summed E-state index contributed by atoms with van der Waals surface area (Å²) in [6.45, 7) is 4.69. The Bertz CT molecular complexity index is 1960. The standard InChI is InChI=1S/C38H42N6O4S/c1-25-29(22-39-44(25)24-38(19-9-21-48-2)17-6-3-7-18-38)27-14-15-33(41-34(27)36(46)47)43-20-16-26-10-8-11-28(30(26)23-43)35(45)42-37-40-31-12-4-5-13-32(31)49-37/h4-5,8,10-15,22H,3,6-7,9,16-21,23-24H2,1-2H3,(H,46,47)(H,40,42,45). The molecule has 2 aromatic carbocycles. The number of aromatic nitrogens is 4. The van der Waals surface area contributed by atoms with Gasteiger partial charge in [-0.15, -0.1) is 0 Å². The van der Waals surface area contributed by atoms with E-state index in [1.165, 1.54) is 43.4 Å². The van der Waals surface area contributed by atoms with Gasteiger partial charge in [0.1, 0.15) is 5.82 Å². The quantitative estimate of drug-likeness (QED) is 0.136. The monoisotopic (exact) mass is 678 g/mol. The summed E-state index contributed by atoms with van der Waals surface area (Å²) in [5, 5.41) is 18.7. The van der Waals surface area contributed by atoms with Crippen LogP contribution in [0, 0.1) is 12.3 Å². The molecule has 5 aromatic rings. The largest absolute Gasteiger partial charge is 0.476 e. The van der Waals surface area contributed by atoms with Gasteiger partial charge >= 0.3 is 5.97 Å². The number of carboxylic acid groups (broad SMARTS) is 1. The normalized spacial score (nSPS) is 15.7. The zero-order chi connectivity index (χ0) is 34.0. The molecule has 1 aliphatic carbocycles. The topological polar surface area (TPSA) is 122 Å². The number of amides is 1. The van der Waals surface area contributed by atoms with E-state index in [1.54, 1.807) is 13.3 Å². The van der Waals surface area contributed by atoms with Gasteiger partial charge in [-0.3, -0.25) is 14.8 Å². The highest BCUT2D eigenvalue weighted by molar-refractivity contribution is 7.22. The van der Waals surface area contributed by atoms with Crippen LogP contribution in [0.5, 0.6) is 0 Å². The first kappa shape index (κ1) is 32.9. The van der Waals surface area contributed by atoms with Gasteiger partial charge in [-0.25, -0.2) is 14.8 Å². The summed E-state index contributed by atoms with van der Waals surface area (Å²) in [5.41, 5.74) is 5.92. The van der Waals surface area contributed by atoms with E-state index in [2.05, 4.69) is 25.9 Å². The summed E-state index contributed by atoms with van der Waals surface area (Å²) in [6, 6.07) is 17.3. The molecule has 1 amide bonds. The predicted octanol–water partition coefficient (Wildman–Crippen LogP) is 7.75. The molecule has 0 saturated heterocycles. The third-order valence-corrected chi connectivity index (χ3v) is 11.2. The number of methoxy groups -OCH3 is 1. The summed E-state index contributed by atoms with van der Waals surface area (Å²) in [7, 11) is 1.75. The molecule has 7 rings (SSSR count).